The predicted octanol–water partition coefficient (Wildman–Crippen LogP) is 3.02. The first-order chi connectivity index (χ1) is 9.40. The van der Waals surface area contributed by atoms with Crippen molar-refractivity contribution in [1.82, 2.24) is 14.7 Å². The summed E-state index contributed by atoms with van der Waals surface area (Å²) < 4.78 is 1.70. The molecule has 0 bridgehead atoms. The van der Waals surface area contributed by atoms with Gasteiger partial charge >= 0.3 is 6.03 Å². The van der Waals surface area contributed by atoms with E-state index in [1.165, 1.54) is 19.3 Å². The molecule has 0 aromatic carbocycles. The average molecular weight is 278 g/mol. The number of carbonyl (C=O) groups excluding carboxylic acids is 1. The number of hydrogen-bond donors (Lipinski definition) is 1. The molecule has 5 nitrogen and oxygen atoms in total. The maximum atomic E-state index is 12.4. The zero-order valence-electron chi connectivity index (χ0n) is 13.2. The minimum Gasteiger partial charge on any atom is -0.324 e. The summed E-state index contributed by atoms with van der Waals surface area (Å²) in [5.74, 6) is 1.86. The van der Waals surface area contributed by atoms with Gasteiger partial charge in [-0.2, -0.15) is 5.10 Å². The van der Waals surface area contributed by atoms with E-state index in [1.54, 1.807) is 4.68 Å². The summed E-state index contributed by atoms with van der Waals surface area (Å²) in [7, 11) is 3.75. The number of rotatable bonds is 2. The van der Waals surface area contributed by atoms with E-state index >= 15 is 0 Å². The van der Waals surface area contributed by atoms with Crippen molar-refractivity contribution < 1.29 is 4.79 Å². The monoisotopic (exact) mass is 278 g/mol. The highest BCUT2D eigenvalue weighted by molar-refractivity contribution is 5.88. The van der Waals surface area contributed by atoms with E-state index in [0.717, 1.165) is 11.5 Å². The summed E-state index contributed by atoms with van der Waals surface area (Å²) in [6.07, 6.45) is 3.68. The Labute approximate surface area is 121 Å². The summed E-state index contributed by atoms with van der Waals surface area (Å²) in [5.41, 5.74) is 0.907. The van der Waals surface area contributed by atoms with Gasteiger partial charge in [0.25, 0.3) is 0 Å². The number of nitrogens with zero attached hydrogens (tertiary/aromatic N) is 3. The smallest absolute Gasteiger partial charge is 0.323 e. The molecule has 2 rings (SSSR count). The van der Waals surface area contributed by atoms with E-state index in [4.69, 9.17) is 0 Å². The highest BCUT2D eigenvalue weighted by atomic mass is 16.2. The molecular formula is C15H26N4O. The van der Waals surface area contributed by atoms with Crippen LogP contribution in [0.3, 0.4) is 0 Å². The molecule has 1 saturated carbocycles. The number of nitrogens with one attached hydrogen (secondary N) is 1. The van der Waals surface area contributed by atoms with E-state index in [0.29, 0.717) is 17.9 Å². The number of aryl methyl sites for hydroxylation is 2. The Kier molecular flexibility index (Phi) is 4.35. The molecule has 2 atom stereocenters. The first-order valence-corrected chi connectivity index (χ1v) is 7.44. The minimum atomic E-state index is -0.0430. The highest BCUT2D eigenvalue weighted by Gasteiger charge is 2.33. The van der Waals surface area contributed by atoms with Crippen LogP contribution in [-0.4, -0.2) is 33.8 Å². The molecular weight excluding hydrogens is 252 g/mol. The molecule has 1 aromatic heterocycles. The van der Waals surface area contributed by atoms with Crippen molar-refractivity contribution in [3.05, 3.63) is 11.8 Å². The Bertz CT molecular complexity index is 472. The van der Waals surface area contributed by atoms with E-state index in [2.05, 4.69) is 24.3 Å². The van der Waals surface area contributed by atoms with Crippen LogP contribution in [-0.2, 0) is 7.05 Å². The van der Waals surface area contributed by atoms with Crippen molar-refractivity contribution in [2.75, 3.05) is 12.4 Å². The number of amides is 2. The lowest BCUT2D eigenvalue weighted by Crippen LogP contribution is -2.48. The van der Waals surface area contributed by atoms with Gasteiger partial charge in [0.2, 0.25) is 0 Å². The molecule has 0 saturated heterocycles. The third kappa shape index (κ3) is 2.97. The van der Waals surface area contributed by atoms with Crippen LogP contribution in [0.4, 0.5) is 10.6 Å². The van der Waals surface area contributed by atoms with Gasteiger partial charge in [0, 0.05) is 26.2 Å². The van der Waals surface area contributed by atoms with Crippen LogP contribution < -0.4 is 5.32 Å². The maximum Gasteiger partial charge on any atom is 0.323 e. The molecule has 0 spiro atoms. The lowest BCUT2D eigenvalue weighted by molar-refractivity contribution is 0.115. The second-order valence-corrected chi connectivity index (χ2v) is 6.21. The van der Waals surface area contributed by atoms with Gasteiger partial charge in [0.15, 0.2) is 0 Å². The first-order valence-electron chi connectivity index (χ1n) is 7.44. The van der Waals surface area contributed by atoms with Gasteiger partial charge in [-0.1, -0.05) is 20.3 Å². The zero-order chi connectivity index (χ0) is 14.9. The van der Waals surface area contributed by atoms with Crippen molar-refractivity contribution in [1.29, 1.82) is 0 Å². The fraction of sp³-hybridized carbons (Fsp3) is 0.733. The second kappa shape index (κ2) is 5.85. The third-order valence-electron chi connectivity index (χ3n) is 4.49. The van der Waals surface area contributed by atoms with Gasteiger partial charge in [-0.25, -0.2) is 4.79 Å². The van der Waals surface area contributed by atoms with Crippen molar-refractivity contribution >= 4 is 11.8 Å². The summed E-state index contributed by atoms with van der Waals surface area (Å²) in [6.45, 7) is 6.42. The van der Waals surface area contributed by atoms with Crippen LogP contribution in [0, 0.1) is 18.8 Å². The van der Waals surface area contributed by atoms with E-state index in [1.807, 2.05) is 32.0 Å². The Hall–Kier alpha value is -1.52. The van der Waals surface area contributed by atoms with Gasteiger partial charge in [0.05, 0.1) is 5.69 Å². The first kappa shape index (κ1) is 14.9. The van der Waals surface area contributed by atoms with Crippen molar-refractivity contribution in [2.24, 2.45) is 18.9 Å². The molecule has 1 aromatic rings. The van der Waals surface area contributed by atoms with E-state index in [9.17, 15) is 4.79 Å². The minimum absolute atomic E-state index is 0.0430. The van der Waals surface area contributed by atoms with E-state index < -0.39 is 0 Å². The molecule has 112 valence electrons. The molecule has 5 heteroatoms. The largest absolute Gasteiger partial charge is 0.324 e. The molecule has 1 heterocycles. The van der Waals surface area contributed by atoms with Crippen molar-refractivity contribution in [3.63, 3.8) is 0 Å². The van der Waals surface area contributed by atoms with Gasteiger partial charge in [-0.3, -0.25) is 10.00 Å². The Morgan fingerprint density at radius 1 is 1.40 bits per heavy atom. The molecule has 1 fully saturated rings. The summed E-state index contributed by atoms with van der Waals surface area (Å²) in [5, 5.41) is 7.21. The maximum absolute atomic E-state index is 12.4. The highest BCUT2D eigenvalue weighted by Crippen LogP contribution is 2.32. The lowest BCUT2D eigenvalue weighted by Gasteiger charge is -2.40. The number of urea groups is 1. The van der Waals surface area contributed by atoms with Crippen LogP contribution in [0.1, 0.15) is 38.8 Å². The normalized spacial score (nSPS) is 26.4. The Morgan fingerprint density at radius 2 is 2.00 bits per heavy atom. The molecule has 1 aliphatic rings. The summed E-state index contributed by atoms with van der Waals surface area (Å²) in [6, 6.07) is 2.16. The number of aromatic nitrogens is 2. The van der Waals surface area contributed by atoms with Crippen LogP contribution in [0.5, 0.6) is 0 Å². The van der Waals surface area contributed by atoms with Crippen LogP contribution >= 0.6 is 0 Å². The van der Waals surface area contributed by atoms with Gasteiger partial charge < -0.3 is 4.90 Å². The summed E-state index contributed by atoms with van der Waals surface area (Å²) in [4.78, 5) is 14.3. The van der Waals surface area contributed by atoms with Crippen molar-refractivity contribution in [2.45, 2.75) is 46.1 Å². The van der Waals surface area contributed by atoms with Gasteiger partial charge in [-0.05, 0) is 31.6 Å². The predicted molar refractivity (Wildman–Crippen MR) is 80.7 cm³/mol. The molecule has 0 aliphatic heterocycles. The molecule has 20 heavy (non-hydrogen) atoms. The number of anilines is 1. The average Bonchev–Trinajstić information content (AvgIpc) is 2.67. The fourth-order valence-corrected chi connectivity index (χ4v) is 3.49. The van der Waals surface area contributed by atoms with Crippen LogP contribution in [0.15, 0.2) is 6.07 Å². The Balaban J connectivity index is 2.06. The summed E-state index contributed by atoms with van der Waals surface area (Å²) >= 11 is 0. The molecule has 1 N–H and O–H groups in total. The Morgan fingerprint density at radius 3 is 2.50 bits per heavy atom. The quantitative estimate of drug-likeness (QED) is 0.904. The molecule has 2 unspecified atom stereocenters. The van der Waals surface area contributed by atoms with Crippen molar-refractivity contribution in [3.8, 4) is 0 Å². The fourth-order valence-electron chi connectivity index (χ4n) is 3.49. The van der Waals surface area contributed by atoms with Crippen LogP contribution in [0.2, 0.25) is 0 Å². The second-order valence-electron chi connectivity index (χ2n) is 6.21. The number of hydrogen-bond acceptors (Lipinski definition) is 2. The standard InChI is InChI=1S/C15H26N4O/c1-10-7-6-8-11(2)14(10)18(4)15(20)16-13-9-12(3)17-19(13)5/h9-11,14H,6-8H2,1-5H3,(H,16,20). The molecule has 0 radical (unpaired) electrons. The topological polar surface area (TPSA) is 50.2 Å². The van der Waals surface area contributed by atoms with Gasteiger partial charge in [-0.15, -0.1) is 0 Å². The van der Waals surface area contributed by atoms with E-state index in [-0.39, 0.29) is 6.03 Å². The number of carbonyl (C=O) groups is 1. The van der Waals surface area contributed by atoms with Gasteiger partial charge in [0.1, 0.15) is 5.82 Å². The third-order valence-corrected chi connectivity index (χ3v) is 4.49. The zero-order valence-corrected chi connectivity index (χ0v) is 13.2. The lowest BCUT2D eigenvalue weighted by atomic mass is 9.78. The molecule has 1 aliphatic carbocycles. The molecule has 2 amide bonds. The van der Waals surface area contributed by atoms with Crippen LogP contribution in [0.25, 0.3) is 0 Å². The SMILES string of the molecule is Cc1cc(NC(=O)N(C)C2C(C)CCCC2C)n(C)n1.